The van der Waals surface area contributed by atoms with Gasteiger partial charge in [0.2, 0.25) is 17.6 Å². The molecule has 3 aromatic carbocycles. The zero-order chi connectivity index (χ0) is 35.5. The summed E-state index contributed by atoms with van der Waals surface area (Å²) in [6.45, 7) is -0.387. The minimum absolute atomic E-state index is 0.0192. The first kappa shape index (κ1) is 34.2. The quantitative estimate of drug-likeness (QED) is 0.172. The standard InChI is InChI=1S/C36H42N2O12/c1-37-15-36(35(43)44)33(42)28(40)29(41)34(50-36)47-18-12-19(16-7-5-8-17(39)11-16)25-23(13-18)48-22-10-6-9-21(38-2)20-14-24(45-3)30(46-4)32-26(20)27(22)31(25)49-32/h5,7-8,11-14,21-22,27-29,31,33-34,37-42H,6,9-10,15H2,1-4H3,(H,43,44)/t21-,22+,27+,28-,29-,31+,33+,34-,36+/m1/s1. The van der Waals surface area contributed by atoms with Crippen molar-refractivity contribution >= 4 is 5.97 Å². The van der Waals surface area contributed by atoms with Crippen LogP contribution in [0, 0.1) is 0 Å². The van der Waals surface area contributed by atoms with E-state index in [-0.39, 0.29) is 36.1 Å². The highest BCUT2D eigenvalue weighted by molar-refractivity contribution is 5.79. The fourth-order valence-electron chi connectivity index (χ4n) is 8.00. The molecule has 14 nitrogen and oxygen atoms in total. The molecule has 1 saturated heterocycles. The van der Waals surface area contributed by atoms with Gasteiger partial charge in [-0.15, -0.1) is 0 Å². The first-order valence-electron chi connectivity index (χ1n) is 16.6. The van der Waals surface area contributed by atoms with Crippen molar-refractivity contribution < 1.29 is 58.7 Å². The number of carbonyl (C=O) groups is 1. The van der Waals surface area contributed by atoms with Crippen molar-refractivity contribution in [3.8, 4) is 45.6 Å². The number of aromatic hydroxyl groups is 1. The van der Waals surface area contributed by atoms with Crippen LogP contribution >= 0.6 is 0 Å². The van der Waals surface area contributed by atoms with Gasteiger partial charge in [-0.25, -0.2) is 4.79 Å². The second-order valence-electron chi connectivity index (χ2n) is 13.1. The van der Waals surface area contributed by atoms with E-state index in [9.17, 15) is 30.3 Å². The van der Waals surface area contributed by atoms with Gasteiger partial charge in [-0.1, -0.05) is 12.1 Å². The van der Waals surface area contributed by atoms with Gasteiger partial charge in [0.25, 0.3) is 0 Å². The number of aliphatic hydroxyl groups is 3. The first-order valence-corrected chi connectivity index (χ1v) is 16.6. The van der Waals surface area contributed by atoms with Crippen LogP contribution in [0.2, 0.25) is 0 Å². The average Bonchev–Trinajstić information content (AvgIpc) is 3.50. The number of likely N-dealkylation sites (N-methyl/N-ethyl adjacent to an activating group) is 1. The largest absolute Gasteiger partial charge is 0.508 e. The summed E-state index contributed by atoms with van der Waals surface area (Å²) in [6, 6.07) is 12.0. The van der Waals surface area contributed by atoms with Crippen LogP contribution in [0.15, 0.2) is 42.5 Å². The molecule has 0 saturated carbocycles. The van der Waals surface area contributed by atoms with Crippen molar-refractivity contribution in [3.05, 3.63) is 59.2 Å². The lowest BCUT2D eigenvalue weighted by Crippen LogP contribution is -2.71. The van der Waals surface area contributed by atoms with Crippen LogP contribution in [0.5, 0.6) is 34.5 Å². The van der Waals surface area contributed by atoms with Crippen molar-refractivity contribution in [3.63, 3.8) is 0 Å². The SMILES string of the molecule is CNC[C@]1(C(=O)O)O[C@@H](Oc2cc3c(c(-c4cccc(O)c4)c2)[C@@H]2Oc4c(OC)c(OC)cc5c4[C@@H]2[C@H](CCC[C@H]5NC)O3)[C@H](O)[C@@H](O)[C@@H]1O. The van der Waals surface area contributed by atoms with E-state index < -0.39 is 42.3 Å². The van der Waals surface area contributed by atoms with Crippen molar-refractivity contribution in [2.75, 3.05) is 34.9 Å². The number of hydrogen-bond acceptors (Lipinski definition) is 13. The van der Waals surface area contributed by atoms with Gasteiger partial charge < -0.3 is 64.6 Å². The minimum atomic E-state index is -2.32. The van der Waals surface area contributed by atoms with Crippen molar-refractivity contribution in [1.82, 2.24) is 10.6 Å². The number of methoxy groups -OCH3 is 2. The van der Waals surface area contributed by atoms with Gasteiger partial charge in [0.1, 0.15) is 47.8 Å². The van der Waals surface area contributed by atoms with Gasteiger partial charge >= 0.3 is 5.97 Å². The molecule has 14 heteroatoms. The van der Waals surface area contributed by atoms with E-state index in [1.807, 2.05) is 19.2 Å². The lowest BCUT2D eigenvalue weighted by atomic mass is 9.75. The third-order valence-corrected chi connectivity index (χ3v) is 10.4. The fraction of sp³-hybridized carbons (Fsp3) is 0.472. The molecule has 0 bridgehead atoms. The molecular weight excluding hydrogens is 652 g/mol. The average molecular weight is 695 g/mol. The summed E-state index contributed by atoms with van der Waals surface area (Å²) < 4.78 is 37.2. The highest BCUT2D eigenvalue weighted by Crippen LogP contribution is 2.63. The Hall–Kier alpha value is -4.31. The number of benzene rings is 3. The molecule has 268 valence electrons. The maximum atomic E-state index is 12.4. The number of carboxylic acid groups (broad SMARTS) is 1. The molecule has 7 N–H and O–H groups in total. The molecule has 9 atom stereocenters. The maximum Gasteiger partial charge on any atom is 0.340 e. The van der Waals surface area contributed by atoms with Gasteiger partial charge in [-0.05, 0) is 74.3 Å². The third kappa shape index (κ3) is 5.29. The predicted octanol–water partition coefficient (Wildman–Crippen LogP) is 2.36. The summed E-state index contributed by atoms with van der Waals surface area (Å²) in [5, 5.41) is 59.1. The van der Waals surface area contributed by atoms with E-state index in [4.69, 9.17) is 28.4 Å². The van der Waals surface area contributed by atoms with E-state index in [2.05, 4.69) is 10.6 Å². The lowest BCUT2D eigenvalue weighted by molar-refractivity contribution is -0.305. The molecule has 0 radical (unpaired) electrons. The number of ether oxygens (including phenoxy) is 6. The number of aliphatic hydroxyl groups excluding tert-OH is 3. The number of fused-ring (bicyclic) bond motifs is 2. The molecule has 0 aromatic heterocycles. The number of rotatable bonds is 9. The van der Waals surface area contributed by atoms with Crippen LogP contribution < -0.4 is 34.3 Å². The normalized spacial score (nSPS) is 30.9. The van der Waals surface area contributed by atoms with Crippen molar-refractivity contribution in [1.29, 1.82) is 0 Å². The molecule has 1 fully saturated rings. The summed E-state index contributed by atoms with van der Waals surface area (Å²) >= 11 is 0. The van der Waals surface area contributed by atoms with Crippen LogP contribution in [0.4, 0.5) is 0 Å². The highest BCUT2D eigenvalue weighted by atomic mass is 16.7. The van der Waals surface area contributed by atoms with Crippen LogP contribution in [-0.2, 0) is 9.53 Å². The van der Waals surface area contributed by atoms with E-state index in [0.29, 0.717) is 46.1 Å². The van der Waals surface area contributed by atoms with E-state index in [1.54, 1.807) is 44.6 Å². The Morgan fingerprint density at radius 3 is 2.48 bits per heavy atom. The number of hydrogen-bond donors (Lipinski definition) is 7. The number of phenolic OH excluding ortho intramolecular Hbond substituents is 1. The van der Waals surface area contributed by atoms with Crippen LogP contribution in [0.1, 0.15) is 54.0 Å². The zero-order valence-electron chi connectivity index (χ0n) is 28.1. The van der Waals surface area contributed by atoms with Crippen molar-refractivity contribution in [2.45, 2.75) is 73.6 Å². The summed E-state index contributed by atoms with van der Waals surface area (Å²) in [4.78, 5) is 12.4. The third-order valence-electron chi connectivity index (χ3n) is 10.4. The van der Waals surface area contributed by atoms with E-state index in [0.717, 1.165) is 24.0 Å². The lowest BCUT2D eigenvalue weighted by Gasteiger charge is -2.46. The summed E-state index contributed by atoms with van der Waals surface area (Å²) in [5.41, 5.74) is 1.56. The van der Waals surface area contributed by atoms with Crippen LogP contribution in [0.25, 0.3) is 11.1 Å². The molecule has 0 amide bonds. The van der Waals surface area contributed by atoms with Crippen molar-refractivity contribution in [2.24, 2.45) is 0 Å². The fourth-order valence-corrected chi connectivity index (χ4v) is 8.00. The number of phenols is 1. The smallest absolute Gasteiger partial charge is 0.340 e. The monoisotopic (exact) mass is 694 g/mol. The molecule has 50 heavy (non-hydrogen) atoms. The Morgan fingerprint density at radius 1 is 1.00 bits per heavy atom. The number of carboxylic acids is 1. The molecule has 7 rings (SSSR count). The number of nitrogens with one attached hydrogen (secondary N) is 2. The topological polar surface area (TPSA) is 198 Å². The van der Waals surface area contributed by atoms with Gasteiger partial charge in [0.15, 0.2) is 11.5 Å². The molecule has 3 aliphatic heterocycles. The van der Waals surface area contributed by atoms with E-state index in [1.165, 1.54) is 7.05 Å². The Morgan fingerprint density at radius 2 is 1.80 bits per heavy atom. The first-order chi connectivity index (χ1) is 24.1. The van der Waals surface area contributed by atoms with Crippen LogP contribution in [0.3, 0.4) is 0 Å². The Balaban J connectivity index is 1.38. The van der Waals surface area contributed by atoms with Gasteiger partial charge in [0.05, 0.1) is 20.1 Å². The van der Waals surface area contributed by atoms with Gasteiger partial charge in [-0.3, -0.25) is 0 Å². The Bertz CT molecular complexity index is 1790. The molecule has 0 unspecified atom stereocenters. The molecule has 0 spiro atoms. The summed E-state index contributed by atoms with van der Waals surface area (Å²) in [7, 11) is 6.56. The highest BCUT2D eigenvalue weighted by Gasteiger charge is 2.59. The van der Waals surface area contributed by atoms with Gasteiger partial charge in [0, 0.05) is 29.8 Å². The second kappa shape index (κ2) is 13.1. The maximum absolute atomic E-state index is 12.4. The summed E-state index contributed by atoms with van der Waals surface area (Å²) in [6.07, 6.45) is -5.85. The second-order valence-corrected chi connectivity index (χ2v) is 13.1. The molecule has 1 aliphatic carbocycles. The Labute approximate surface area is 288 Å². The van der Waals surface area contributed by atoms with Crippen LogP contribution in [-0.4, -0.2) is 103 Å². The molecule has 3 aromatic rings. The Kier molecular flexibility index (Phi) is 8.95. The number of aliphatic carboxylic acids is 1. The zero-order valence-corrected chi connectivity index (χ0v) is 28.1. The van der Waals surface area contributed by atoms with E-state index >= 15 is 0 Å². The predicted molar refractivity (Wildman–Crippen MR) is 177 cm³/mol. The molecular formula is C36H42N2O12. The molecule has 3 heterocycles. The van der Waals surface area contributed by atoms with Gasteiger partial charge in [-0.2, -0.15) is 0 Å². The summed E-state index contributed by atoms with van der Waals surface area (Å²) in [5.74, 6) is 0.371. The molecule has 4 aliphatic rings. The minimum Gasteiger partial charge on any atom is -0.508 e.